The number of amides is 2. The molecule has 0 saturated carbocycles. The molecule has 7 heteroatoms. The summed E-state index contributed by atoms with van der Waals surface area (Å²) in [6.45, 7) is 8.07. The van der Waals surface area contributed by atoms with E-state index in [1.54, 1.807) is 18.7 Å². The molecule has 0 aromatic heterocycles. The summed E-state index contributed by atoms with van der Waals surface area (Å²) < 4.78 is 0. The largest absolute Gasteiger partial charge is 0.481 e. The Labute approximate surface area is 167 Å². The number of rotatable bonds is 8. The Morgan fingerprint density at radius 1 is 1.25 bits per heavy atom. The van der Waals surface area contributed by atoms with Crippen LogP contribution in [0, 0.1) is 0 Å². The standard InChI is InChI=1S/C21H33N3O4/c1-16-14-23(11-12-24(16)15-21(2,3)28)20(27)22-18(9-10-19(25)26)13-17-7-5-4-6-8-17/h4-8,16,18,28H,9-15H2,1-3H3,(H,22,27)(H,25,26). The number of carboxylic acids is 1. The molecule has 2 rings (SSSR count). The lowest BCUT2D eigenvalue weighted by molar-refractivity contribution is -0.137. The van der Waals surface area contributed by atoms with E-state index in [2.05, 4.69) is 17.1 Å². The van der Waals surface area contributed by atoms with Crippen molar-refractivity contribution in [1.29, 1.82) is 0 Å². The van der Waals surface area contributed by atoms with Crippen molar-refractivity contribution in [2.45, 2.75) is 57.7 Å². The first-order valence-electron chi connectivity index (χ1n) is 9.91. The van der Waals surface area contributed by atoms with Gasteiger partial charge in [-0.05, 0) is 39.2 Å². The maximum atomic E-state index is 12.8. The van der Waals surface area contributed by atoms with Crippen LogP contribution in [0.3, 0.4) is 0 Å². The van der Waals surface area contributed by atoms with Gasteiger partial charge >= 0.3 is 12.0 Å². The fourth-order valence-corrected chi connectivity index (χ4v) is 3.60. The van der Waals surface area contributed by atoms with E-state index in [1.165, 1.54) is 0 Å². The second-order valence-electron chi connectivity index (χ2n) is 8.35. The molecule has 2 amide bonds. The average molecular weight is 392 g/mol. The molecule has 156 valence electrons. The van der Waals surface area contributed by atoms with Crippen molar-refractivity contribution in [1.82, 2.24) is 15.1 Å². The van der Waals surface area contributed by atoms with E-state index >= 15 is 0 Å². The second kappa shape index (κ2) is 9.89. The zero-order valence-corrected chi connectivity index (χ0v) is 17.1. The van der Waals surface area contributed by atoms with Gasteiger partial charge < -0.3 is 20.4 Å². The smallest absolute Gasteiger partial charge is 0.317 e. The molecule has 0 aliphatic carbocycles. The number of benzene rings is 1. The fourth-order valence-electron chi connectivity index (χ4n) is 3.60. The molecule has 2 unspecified atom stereocenters. The highest BCUT2D eigenvalue weighted by Crippen LogP contribution is 2.15. The maximum absolute atomic E-state index is 12.8. The van der Waals surface area contributed by atoms with Crippen LogP contribution >= 0.6 is 0 Å². The molecule has 0 bridgehead atoms. The number of nitrogens with one attached hydrogen (secondary N) is 1. The lowest BCUT2D eigenvalue weighted by Gasteiger charge is -2.42. The first kappa shape index (κ1) is 22.2. The van der Waals surface area contributed by atoms with Gasteiger partial charge in [0, 0.05) is 44.7 Å². The first-order valence-corrected chi connectivity index (χ1v) is 9.91. The van der Waals surface area contributed by atoms with Crippen molar-refractivity contribution in [2.24, 2.45) is 0 Å². The third-order valence-electron chi connectivity index (χ3n) is 5.00. The number of aliphatic hydroxyl groups is 1. The van der Waals surface area contributed by atoms with Crippen LogP contribution in [0.5, 0.6) is 0 Å². The third-order valence-corrected chi connectivity index (χ3v) is 5.00. The molecule has 28 heavy (non-hydrogen) atoms. The predicted octanol–water partition coefficient (Wildman–Crippen LogP) is 1.95. The van der Waals surface area contributed by atoms with Gasteiger partial charge in [0.25, 0.3) is 0 Å². The Morgan fingerprint density at radius 2 is 1.93 bits per heavy atom. The highest BCUT2D eigenvalue weighted by Gasteiger charge is 2.30. The van der Waals surface area contributed by atoms with Crippen LogP contribution in [0.2, 0.25) is 0 Å². The van der Waals surface area contributed by atoms with E-state index in [0.717, 1.165) is 5.56 Å². The van der Waals surface area contributed by atoms with E-state index in [4.69, 9.17) is 5.11 Å². The molecule has 2 atom stereocenters. The van der Waals surface area contributed by atoms with Crippen LogP contribution < -0.4 is 5.32 Å². The van der Waals surface area contributed by atoms with E-state index in [9.17, 15) is 14.7 Å². The molecule has 0 radical (unpaired) electrons. The van der Waals surface area contributed by atoms with Crippen molar-refractivity contribution in [3.05, 3.63) is 35.9 Å². The molecular formula is C21H33N3O4. The number of hydrogen-bond acceptors (Lipinski definition) is 4. The number of hydrogen-bond donors (Lipinski definition) is 3. The number of carbonyl (C=O) groups is 2. The fraction of sp³-hybridized carbons (Fsp3) is 0.619. The average Bonchev–Trinajstić information content (AvgIpc) is 2.61. The van der Waals surface area contributed by atoms with Gasteiger partial charge in [0.1, 0.15) is 0 Å². The quantitative estimate of drug-likeness (QED) is 0.630. The third kappa shape index (κ3) is 7.48. The topological polar surface area (TPSA) is 93.1 Å². The van der Waals surface area contributed by atoms with Gasteiger partial charge in [-0.3, -0.25) is 9.69 Å². The molecule has 0 spiro atoms. The number of urea groups is 1. The van der Waals surface area contributed by atoms with Gasteiger partial charge in [0.05, 0.1) is 5.60 Å². The molecule has 1 aliphatic heterocycles. The van der Waals surface area contributed by atoms with Crippen LogP contribution in [0.15, 0.2) is 30.3 Å². The van der Waals surface area contributed by atoms with E-state index < -0.39 is 11.6 Å². The van der Waals surface area contributed by atoms with Crippen molar-refractivity contribution < 1.29 is 19.8 Å². The van der Waals surface area contributed by atoms with Crippen LogP contribution in [0.25, 0.3) is 0 Å². The lowest BCUT2D eigenvalue weighted by atomic mass is 10.0. The van der Waals surface area contributed by atoms with Crippen LogP contribution in [-0.4, -0.2) is 75.9 Å². The predicted molar refractivity (Wildman–Crippen MR) is 108 cm³/mol. The number of aliphatic carboxylic acids is 1. The summed E-state index contributed by atoms with van der Waals surface area (Å²) in [6.07, 6.45) is 1.02. The molecule has 1 aromatic carbocycles. The summed E-state index contributed by atoms with van der Waals surface area (Å²) in [7, 11) is 0. The molecule has 1 aliphatic rings. The van der Waals surface area contributed by atoms with E-state index in [0.29, 0.717) is 39.0 Å². The number of carbonyl (C=O) groups excluding carboxylic acids is 1. The Kier molecular flexibility index (Phi) is 7.83. The van der Waals surface area contributed by atoms with Gasteiger partial charge in [-0.15, -0.1) is 0 Å². The highest BCUT2D eigenvalue weighted by molar-refractivity contribution is 5.75. The minimum Gasteiger partial charge on any atom is -0.481 e. The molecule has 1 aromatic rings. The highest BCUT2D eigenvalue weighted by atomic mass is 16.4. The summed E-state index contributed by atoms with van der Waals surface area (Å²) >= 11 is 0. The molecule has 7 nitrogen and oxygen atoms in total. The van der Waals surface area contributed by atoms with Gasteiger partial charge in [0.2, 0.25) is 0 Å². The van der Waals surface area contributed by atoms with Crippen LogP contribution in [0.1, 0.15) is 39.2 Å². The zero-order chi connectivity index (χ0) is 20.7. The van der Waals surface area contributed by atoms with Crippen molar-refractivity contribution in [2.75, 3.05) is 26.2 Å². The summed E-state index contributed by atoms with van der Waals surface area (Å²) in [4.78, 5) is 27.7. The Balaban J connectivity index is 1.94. The Morgan fingerprint density at radius 3 is 2.50 bits per heavy atom. The molecule has 1 heterocycles. The monoisotopic (exact) mass is 391 g/mol. The molecule has 3 N–H and O–H groups in total. The van der Waals surface area contributed by atoms with Crippen molar-refractivity contribution in [3.63, 3.8) is 0 Å². The summed E-state index contributed by atoms with van der Waals surface area (Å²) in [5.74, 6) is -0.860. The van der Waals surface area contributed by atoms with E-state index in [1.807, 2.05) is 30.3 Å². The minimum absolute atomic E-state index is 0.0214. The SMILES string of the molecule is CC1CN(C(=O)NC(CCC(=O)O)Cc2ccccc2)CCN1CC(C)(C)O. The minimum atomic E-state index is -0.860. The summed E-state index contributed by atoms with van der Waals surface area (Å²) in [5.41, 5.74) is 0.303. The van der Waals surface area contributed by atoms with Crippen molar-refractivity contribution in [3.8, 4) is 0 Å². The summed E-state index contributed by atoms with van der Waals surface area (Å²) in [6, 6.07) is 9.55. The number of carboxylic acid groups (broad SMARTS) is 1. The first-order chi connectivity index (χ1) is 13.1. The van der Waals surface area contributed by atoms with E-state index in [-0.39, 0.29) is 24.5 Å². The van der Waals surface area contributed by atoms with Gasteiger partial charge in [-0.2, -0.15) is 0 Å². The normalized spacial score (nSPS) is 19.3. The Hall–Kier alpha value is -2.12. The maximum Gasteiger partial charge on any atom is 0.317 e. The molecule has 1 saturated heterocycles. The zero-order valence-electron chi connectivity index (χ0n) is 17.1. The van der Waals surface area contributed by atoms with Crippen molar-refractivity contribution >= 4 is 12.0 Å². The lowest BCUT2D eigenvalue weighted by Crippen LogP contribution is -2.59. The van der Waals surface area contributed by atoms with Gasteiger partial charge in [0.15, 0.2) is 0 Å². The number of nitrogens with zero attached hydrogens (tertiary/aromatic N) is 2. The molecule has 1 fully saturated rings. The number of β-amino-alcohol motifs (C(OH)–C–C–N with tert-alkyl or cyclic N) is 1. The second-order valence-corrected chi connectivity index (χ2v) is 8.35. The van der Waals surface area contributed by atoms with Gasteiger partial charge in [-0.25, -0.2) is 4.79 Å². The van der Waals surface area contributed by atoms with Crippen LogP contribution in [0.4, 0.5) is 4.79 Å². The molecular weight excluding hydrogens is 358 g/mol. The Bertz CT molecular complexity index is 645. The van der Waals surface area contributed by atoms with Gasteiger partial charge in [-0.1, -0.05) is 30.3 Å². The summed E-state index contributed by atoms with van der Waals surface area (Å²) in [5, 5.41) is 22.1. The van der Waals surface area contributed by atoms with Crippen LogP contribution in [-0.2, 0) is 11.2 Å². The number of piperazine rings is 1.